The van der Waals surface area contributed by atoms with Crippen molar-refractivity contribution in [1.82, 2.24) is 0 Å². The normalized spacial score (nSPS) is 31.9. The largest absolute Gasteiger partial charge is 0.385 e. The first-order chi connectivity index (χ1) is 6.37. The first kappa shape index (κ1) is 12.0. The standard InChI is InChI=1S/C11H23NO2/c1-10(2,5-6-13-4)14-8-9-7-11(9,3)12/h9H,5-8,12H2,1-4H3. The summed E-state index contributed by atoms with van der Waals surface area (Å²) < 4.78 is 10.9. The van der Waals surface area contributed by atoms with E-state index in [1.54, 1.807) is 7.11 Å². The quantitative estimate of drug-likeness (QED) is 0.709. The Kier molecular flexibility index (Phi) is 3.56. The number of methoxy groups -OCH3 is 1. The number of ether oxygens (including phenoxy) is 2. The van der Waals surface area contributed by atoms with Crippen LogP contribution in [0.3, 0.4) is 0 Å². The van der Waals surface area contributed by atoms with Gasteiger partial charge in [-0.2, -0.15) is 0 Å². The van der Waals surface area contributed by atoms with E-state index in [0.29, 0.717) is 5.92 Å². The van der Waals surface area contributed by atoms with Crippen LogP contribution in [0.4, 0.5) is 0 Å². The fourth-order valence-electron chi connectivity index (χ4n) is 1.47. The minimum atomic E-state index is -0.0886. The summed E-state index contributed by atoms with van der Waals surface area (Å²) in [6.45, 7) is 7.81. The van der Waals surface area contributed by atoms with Gasteiger partial charge in [-0.3, -0.25) is 0 Å². The zero-order valence-corrected chi connectivity index (χ0v) is 9.80. The zero-order valence-electron chi connectivity index (χ0n) is 9.80. The molecule has 1 aliphatic carbocycles. The van der Waals surface area contributed by atoms with Crippen molar-refractivity contribution in [2.45, 2.75) is 44.8 Å². The van der Waals surface area contributed by atoms with Crippen LogP contribution in [0.15, 0.2) is 0 Å². The van der Waals surface area contributed by atoms with Crippen molar-refractivity contribution in [3.63, 3.8) is 0 Å². The average Bonchev–Trinajstić information content (AvgIpc) is 2.68. The second-order valence-corrected chi connectivity index (χ2v) is 5.22. The molecule has 1 fully saturated rings. The van der Waals surface area contributed by atoms with E-state index in [0.717, 1.165) is 26.1 Å². The van der Waals surface area contributed by atoms with Gasteiger partial charge in [-0.1, -0.05) is 0 Å². The third kappa shape index (κ3) is 3.56. The second kappa shape index (κ2) is 4.17. The molecule has 0 aliphatic heterocycles. The molecule has 0 amide bonds. The Morgan fingerprint density at radius 2 is 2.07 bits per heavy atom. The molecule has 3 heteroatoms. The number of hydrogen-bond acceptors (Lipinski definition) is 3. The van der Waals surface area contributed by atoms with E-state index in [2.05, 4.69) is 20.8 Å². The number of rotatable bonds is 6. The summed E-state index contributed by atoms with van der Waals surface area (Å²) in [7, 11) is 1.72. The fraction of sp³-hybridized carbons (Fsp3) is 1.00. The van der Waals surface area contributed by atoms with Gasteiger partial charge in [0.05, 0.1) is 12.2 Å². The monoisotopic (exact) mass is 201 g/mol. The third-order valence-corrected chi connectivity index (χ3v) is 3.04. The average molecular weight is 201 g/mol. The van der Waals surface area contributed by atoms with Gasteiger partial charge in [-0.15, -0.1) is 0 Å². The maximum atomic E-state index is 5.93. The lowest BCUT2D eigenvalue weighted by Crippen LogP contribution is -2.29. The van der Waals surface area contributed by atoms with Crippen LogP contribution in [0, 0.1) is 5.92 Å². The summed E-state index contributed by atoms with van der Waals surface area (Å²) in [5.41, 5.74) is 5.87. The van der Waals surface area contributed by atoms with E-state index < -0.39 is 0 Å². The molecule has 0 heterocycles. The van der Waals surface area contributed by atoms with Gasteiger partial charge in [-0.25, -0.2) is 0 Å². The van der Waals surface area contributed by atoms with Crippen LogP contribution >= 0.6 is 0 Å². The van der Waals surface area contributed by atoms with Crippen molar-refractivity contribution < 1.29 is 9.47 Å². The minimum Gasteiger partial charge on any atom is -0.385 e. The second-order valence-electron chi connectivity index (χ2n) is 5.22. The van der Waals surface area contributed by atoms with Crippen LogP contribution in [0.5, 0.6) is 0 Å². The Labute approximate surface area is 86.9 Å². The molecule has 2 unspecified atom stereocenters. The van der Waals surface area contributed by atoms with Crippen molar-refractivity contribution in [2.24, 2.45) is 11.7 Å². The number of hydrogen-bond donors (Lipinski definition) is 1. The third-order valence-electron chi connectivity index (χ3n) is 3.04. The van der Waals surface area contributed by atoms with E-state index in [-0.39, 0.29) is 11.1 Å². The lowest BCUT2D eigenvalue weighted by molar-refractivity contribution is -0.0428. The Morgan fingerprint density at radius 1 is 1.50 bits per heavy atom. The maximum absolute atomic E-state index is 5.93. The lowest BCUT2D eigenvalue weighted by Gasteiger charge is -2.25. The highest BCUT2D eigenvalue weighted by Crippen LogP contribution is 2.41. The summed E-state index contributed by atoms with van der Waals surface area (Å²) >= 11 is 0. The van der Waals surface area contributed by atoms with Gasteiger partial charge < -0.3 is 15.2 Å². The van der Waals surface area contributed by atoms with Crippen LogP contribution in [0.25, 0.3) is 0 Å². The highest BCUT2D eigenvalue weighted by molar-refractivity contribution is 5.04. The van der Waals surface area contributed by atoms with Gasteiger partial charge in [0.2, 0.25) is 0 Å². The predicted molar refractivity (Wildman–Crippen MR) is 57.2 cm³/mol. The van der Waals surface area contributed by atoms with Gasteiger partial charge in [0.15, 0.2) is 0 Å². The molecule has 84 valence electrons. The highest BCUT2D eigenvalue weighted by Gasteiger charge is 2.47. The van der Waals surface area contributed by atoms with Crippen molar-refractivity contribution in [3.05, 3.63) is 0 Å². The molecule has 0 aromatic heterocycles. The van der Waals surface area contributed by atoms with Crippen molar-refractivity contribution in [2.75, 3.05) is 20.3 Å². The van der Waals surface area contributed by atoms with E-state index in [9.17, 15) is 0 Å². The minimum absolute atomic E-state index is 0.0251. The molecular formula is C11H23NO2. The number of nitrogens with two attached hydrogens (primary N) is 1. The summed E-state index contributed by atoms with van der Waals surface area (Å²) in [6, 6.07) is 0. The highest BCUT2D eigenvalue weighted by atomic mass is 16.5. The molecule has 3 nitrogen and oxygen atoms in total. The fourth-order valence-corrected chi connectivity index (χ4v) is 1.47. The topological polar surface area (TPSA) is 44.5 Å². The molecule has 0 bridgehead atoms. The Bertz CT molecular complexity index is 190. The molecule has 14 heavy (non-hydrogen) atoms. The molecule has 0 radical (unpaired) electrons. The van der Waals surface area contributed by atoms with Crippen LogP contribution < -0.4 is 5.73 Å². The Morgan fingerprint density at radius 3 is 2.50 bits per heavy atom. The smallest absolute Gasteiger partial charge is 0.0648 e. The molecule has 2 N–H and O–H groups in total. The van der Waals surface area contributed by atoms with Crippen LogP contribution in [0.2, 0.25) is 0 Å². The van der Waals surface area contributed by atoms with Crippen molar-refractivity contribution in [3.8, 4) is 0 Å². The van der Waals surface area contributed by atoms with E-state index in [1.807, 2.05) is 0 Å². The summed E-state index contributed by atoms with van der Waals surface area (Å²) in [6.07, 6.45) is 2.02. The molecule has 0 spiro atoms. The maximum Gasteiger partial charge on any atom is 0.0648 e. The van der Waals surface area contributed by atoms with Gasteiger partial charge in [0, 0.05) is 25.2 Å². The van der Waals surface area contributed by atoms with E-state index in [4.69, 9.17) is 15.2 Å². The van der Waals surface area contributed by atoms with E-state index >= 15 is 0 Å². The van der Waals surface area contributed by atoms with E-state index in [1.165, 1.54) is 0 Å². The van der Waals surface area contributed by atoms with Crippen molar-refractivity contribution >= 4 is 0 Å². The molecular weight excluding hydrogens is 178 g/mol. The summed E-state index contributed by atoms with van der Waals surface area (Å²) in [4.78, 5) is 0. The molecule has 1 saturated carbocycles. The summed E-state index contributed by atoms with van der Waals surface area (Å²) in [5.74, 6) is 0.546. The first-order valence-electron chi connectivity index (χ1n) is 5.29. The molecule has 1 rings (SSSR count). The SMILES string of the molecule is COCCC(C)(C)OCC1CC1(C)N. The van der Waals surface area contributed by atoms with Crippen LogP contribution in [-0.4, -0.2) is 31.5 Å². The molecule has 0 aromatic carbocycles. The van der Waals surface area contributed by atoms with Gasteiger partial charge in [0.1, 0.15) is 0 Å². The predicted octanol–water partition coefficient (Wildman–Crippen LogP) is 1.56. The lowest BCUT2D eigenvalue weighted by atomic mass is 10.1. The van der Waals surface area contributed by atoms with Crippen LogP contribution in [0.1, 0.15) is 33.6 Å². The summed E-state index contributed by atoms with van der Waals surface area (Å²) in [5, 5.41) is 0. The Balaban J connectivity index is 2.16. The first-order valence-corrected chi connectivity index (χ1v) is 5.29. The molecule has 2 atom stereocenters. The Hall–Kier alpha value is -0.120. The van der Waals surface area contributed by atoms with Gasteiger partial charge >= 0.3 is 0 Å². The molecule has 0 aromatic rings. The zero-order chi connectivity index (χ0) is 10.8. The molecule has 1 aliphatic rings. The van der Waals surface area contributed by atoms with Crippen LogP contribution in [-0.2, 0) is 9.47 Å². The van der Waals surface area contributed by atoms with Crippen molar-refractivity contribution in [1.29, 1.82) is 0 Å². The van der Waals surface area contributed by atoms with Gasteiger partial charge in [0.25, 0.3) is 0 Å². The molecule has 0 saturated heterocycles. The van der Waals surface area contributed by atoms with Gasteiger partial charge in [-0.05, 0) is 33.6 Å².